The molecule has 1 saturated heterocycles. The first-order valence-corrected chi connectivity index (χ1v) is 6.58. The zero-order valence-electron chi connectivity index (χ0n) is 9.36. The molecular formula is C12H15N3S. The topological polar surface area (TPSA) is 37.8 Å². The van der Waals surface area contributed by atoms with Crippen LogP contribution in [0.1, 0.15) is 29.3 Å². The zero-order chi connectivity index (χ0) is 11.0. The predicted octanol–water partition coefficient (Wildman–Crippen LogP) is 2.47. The van der Waals surface area contributed by atoms with Crippen LogP contribution in [0, 0.1) is 6.92 Å². The standard InChI is InChI=1S/C12H15N3S/c1-8-10-5-11(9-3-2-4-13-6-9)16-12(10)15-7-14-8/h5,7,9,13H,2-4,6H2,1H3. The molecule has 1 N–H and O–H groups in total. The summed E-state index contributed by atoms with van der Waals surface area (Å²) in [6, 6.07) is 2.28. The number of rotatable bonds is 1. The Morgan fingerprint density at radius 2 is 2.38 bits per heavy atom. The molecule has 0 spiro atoms. The van der Waals surface area contributed by atoms with Crippen molar-refractivity contribution in [3.05, 3.63) is 23.0 Å². The van der Waals surface area contributed by atoms with Gasteiger partial charge in [-0.25, -0.2) is 9.97 Å². The molecule has 3 nitrogen and oxygen atoms in total. The van der Waals surface area contributed by atoms with Gasteiger partial charge in [-0.15, -0.1) is 11.3 Å². The summed E-state index contributed by atoms with van der Waals surface area (Å²) >= 11 is 1.83. The van der Waals surface area contributed by atoms with Gasteiger partial charge in [-0.1, -0.05) is 0 Å². The average Bonchev–Trinajstić information content (AvgIpc) is 2.76. The Labute approximate surface area is 98.9 Å². The quantitative estimate of drug-likeness (QED) is 0.822. The molecule has 0 aromatic carbocycles. The lowest BCUT2D eigenvalue weighted by Crippen LogP contribution is -2.27. The highest BCUT2D eigenvalue weighted by Crippen LogP contribution is 2.33. The highest BCUT2D eigenvalue weighted by atomic mass is 32.1. The molecule has 1 fully saturated rings. The van der Waals surface area contributed by atoms with Gasteiger partial charge in [0.15, 0.2) is 0 Å². The Kier molecular flexibility index (Phi) is 2.61. The number of nitrogens with one attached hydrogen (secondary N) is 1. The summed E-state index contributed by atoms with van der Waals surface area (Å²) in [6.45, 7) is 4.33. The van der Waals surface area contributed by atoms with Crippen LogP contribution in [0.15, 0.2) is 12.4 Å². The molecule has 0 aliphatic carbocycles. The van der Waals surface area contributed by atoms with Crippen molar-refractivity contribution >= 4 is 21.6 Å². The van der Waals surface area contributed by atoms with Crippen LogP contribution in [-0.4, -0.2) is 23.1 Å². The lowest BCUT2D eigenvalue weighted by atomic mass is 9.98. The number of aromatic nitrogens is 2. The normalized spacial score (nSPS) is 21.4. The number of piperidine rings is 1. The summed E-state index contributed by atoms with van der Waals surface area (Å²) < 4.78 is 0. The molecule has 84 valence electrons. The molecule has 1 aliphatic rings. The summed E-state index contributed by atoms with van der Waals surface area (Å²) in [5.74, 6) is 0.673. The SMILES string of the molecule is Cc1ncnc2sc(C3CCCNC3)cc12. The molecule has 2 aromatic heterocycles. The summed E-state index contributed by atoms with van der Waals surface area (Å²) in [7, 11) is 0. The third kappa shape index (κ3) is 1.72. The van der Waals surface area contributed by atoms with Crippen LogP contribution in [0.25, 0.3) is 10.2 Å². The van der Waals surface area contributed by atoms with Gasteiger partial charge in [-0.3, -0.25) is 0 Å². The zero-order valence-corrected chi connectivity index (χ0v) is 10.2. The van der Waals surface area contributed by atoms with Gasteiger partial charge in [-0.05, 0) is 32.4 Å². The number of nitrogens with zero attached hydrogens (tertiary/aromatic N) is 2. The van der Waals surface area contributed by atoms with Crippen molar-refractivity contribution in [2.45, 2.75) is 25.7 Å². The van der Waals surface area contributed by atoms with Gasteiger partial charge in [0.05, 0.1) is 0 Å². The number of hydrogen-bond donors (Lipinski definition) is 1. The van der Waals surface area contributed by atoms with Crippen LogP contribution in [0.4, 0.5) is 0 Å². The molecule has 0 saturated carbocycles. The first kappa shape index (κ1) is 10.2. The van der Waals surface area contributed by atoms with Crippen molar-refractivity contribution in [3.8, 4) is 0 Å². The molecule has 1 atom stereocenters. The van der Waals surface area contributed by atoms with Crippen molar-refractivity contribution < 1.29 is 0 Å². The lowest BCUT2D eigenvalue weighted by molar-refractivity contribution is 0.466. The van der Waals surface area contributed by atoms with Gasteiger partial charge < -0.3 is 5.32 Å². The summed E-state index contributed by atoms with van der Waals surface area (Å²) in [6.07, 6.45) is 4.24. The predicted molar refractivity (Wildman–Crippen MR) is 67.0 cm³/mol. The van der Waals surface area contributed by atoms with Gasteiger partial charge in [0.1, 0.15) is 11.2 Å². The molecule has 16 heavy (non-hydrogen) atoms. The fourth-order valence-electron chi connectivity index (χ4n) is 2.29. The van der Waals surface area contributed by atoms with Crippen LogP contribution in [-0.2, 0) is 0 Å². The van der Waals surface area contributed by atoms with Crippen molar-refractivity contribution in [2.24, 2.45) is 0 Å². The minimum Gasteiger partial charge on any atom is -0.316 e. The van der Waals surface area contributed by atoms with Crippen LogP contribution in [0.2, 0.25) is 0 Å². The van der Waals surface area contributed by atoms with Crippen molar-refractivity contribution in [1.29, 1.82) is 0 Å². The molecule has 4 heteroatoms. The first-order valence-electron chi connectivity index (χ1n) is 5.76. The van der Waals surface area contributed by atoms with E-state index in [4.69, 9.17) is 0 Å². The first-order chi connectivity index (χ1) is 7.84. The van der Waals surface area contributed by atoms with E-state index in [1.807, 2.05) is 11.3 Å². The smallest absolute Gasteiger partial charge is 0.127 e. The maximum Gasteiger partial charge on any atom is 0.127 e. The van der Waals surface area contributed by atoms with Crippen LogP contribution in [0.5, 0.6) is 0 Å². The highest BCUT2D eigenvalue weighted by Gasteiger charge is 2.18. The third-order valence-electron chi connectivity index (χ3n) is 3.25. The maximum atomic E-state index is 4.34. The maximum absolute atomic E-state index is 4.34. The Morgan fingerprint density at radius 1 is 1.44 bits per heavy atom. The number of thiophene rings is 1. The van der Waals surface area contributed by atoms with Gasteiger partial charge in [0.2, 0.25) is 0 Å². The Balaban J connectivity index is 2.01. The van der Waals surface area contributed by atoms with Crippen molar-refractivity contribution in [3.63, 3.8) is 0 Å². The Morgan fingerprint density at radius 3 is 3.12 bits per heavy atom. The minimum atomic E-state index is 0.673. The molecular weight excluding hydrogens is 218 g/mol. The Hall–Kier alpha value is -1.00. The summed E-state index contributed by atoms with van der Waals surface area (Å²) in [5, 5.41) is 4.69. The van der Waals surface area contributed by atoms with Gasteiger partial charge in [0, 0.05) is 28.4 Å². The molecule has 2 aromatic rings. The number of hydrogen-bond acceptors (Lipinski definition) is 4. The summed E-state index contributed by atoms with van der Waals surface area (Å²) in [4.78, 5) is 11.2. The fourth-order valence-corrected chi connectivity index (χ4v) is 3.47. The van der Waals surface area contributed by atoms with E-state index in [2.05, 4.69) is 28.3 Å². The fraction of sp³-hybridized carbons (Fsp3) is 0.500. The largest absolute Gasteiger partial charge is 0.316 e. The molecule has 0 bridgehead atoms. The van der Waals surface area contributed by atoms with E-state index in [1.165, 1.54) is 29.6 Å². The lowest BCUT2D eigenvalue weighted by Gasteiger charge is -2.21. The van der Waals surface area contributed by atoms with E-state index < -0.39 is 0 Å². The van der Waals surface area contributed by atoms with E-state index in [0.717, 1.165) is 17.1 Å². The van der Waals surface area contributed by atoms with E-state index in [-0.39, 0.29) is 0 Å². The van der Waals surface area contributed by atoms with Crippen LogP contribution < -0.4 is 5.32 Å². The second-order valence-corrected chi connectivity index (χ2v) is 5.43. The van der Waals surface area contributed by atoms with Crippen molar-refractivity contribution in [2.75, 3.05) is 13.1 Å². The molecule has 0 amide bonds. The minimum absolute atomic E-state index is 0.673. The van der Waals surface area contributed by atoms with Crippen LogP contribution >= 0.6 is 11.3 Å². The molecule has 1 unspecified atom stereocenters. The molecule has 3 heterocycles. The molecule has 1 aliphatic heterocycles. The van der Waals surface area contributed by atoms with Crippen molar-refractivity contribution in [1.82, 2.24) is 15.3 Å². The van der Waals surface area contributed by atoms with E-state index in [9.17, 15) is 0 Å². The highest BCUT2D eigenvalue weighted by molar-refractivity contribution is 7.18. The van der Waals surface area contributed by atoms with Gasteiger partial charge in [0.25, 0.3) is 0 Å². The monoisotopic (exact) mass is 233 g/mol. The van der Waals surface area contributed by atoms with Gasteiger partial charge >= 0.3 is 0 Å². The van der Waals surface area contributed by atoms with E-state index >= 15 is 0 Å². The van der Waals surface area contributed by atoms with Gasteiger partial charge in [-0.2, -0.15) is 0 Å². The third-order valence-corrected chi connectivity index (χ3v) is 4.45. The number of fused-ring (bicyclic) bond motifs is 1. The second kappa shape index (κ2) is 4.11. The molecule has 3 rings (SSSR count). The molecule has 0 radical (unpaired) electrons. The van der Waals surface area contributed by atoms with E-state index in [1.54, 1.807) is 6.33 Å². The second-order valence-electron chi connectivity index (χ2n) is 4.37. The van der Waals surface area contributed by atoms with Crippen LogP contribution in [0.3, 0.4) is 0 Å². The Bertz CT molecular complexity index is 500. The average molecular weight is 233 g/mol. The number of aryl methyl sites for hydroxylation is 1. The summed E-state index contributed by atoms with van der Waals surface area (Å²) in [5.41, 5.74) is 1.09. The van der Waals surface area contributed by atoms with E-state index in [0.29, 0.717) is 5.92 Å².